The molecule has 0 aliphatic heterocycles. The van der Waals surface area contributed by atoms with Gasteiger partial charge in [0.05, 0.1) is 5.69 Å². The predicted molar refractivity (Wildman–Crippen MR) is 80.7 cm³/mol. The van der Waals surface area contributed by atoms with Crippen LogP contribution in [0.5, 0.6) is 0 Å². The fraction of sp³-hybridized carbons (Fsp3) is 0.200. The molecule has 0 bridgehead atoms. The Hall–Kier alpha value is -2.56. The molecular formula is C15H18N4O. The third-order valence-electron chi connectivity index (χ3n) is 2.86. The number of rotatable bonds is 5. The van der Waals surface area contributed by atoms with E-state index in [1.54, 1.807) is 18.3 Å². The zero-order valence-corrected chi connectivity index (χ0v) is 11.4. The number of nitrogens with zero attached hydrogens (tertiary/aromatic N) is 1. The summed E-state index contributed by atoms with van der Waals surface area (Å²) >= 11 is 0. The molecule has 0 radical (unpaired) electrons. The average Bonchev–Trinajstić information content (AvgIpc) is 2.46. The summed E-state index contributed by atoms with van der Waals surface area (Å²) in [5, 5.41) is 5.92. The Kier molecular flexibility index (Phi) is 4.55. The number of nitrogens with one attached hydrogen (secondary N) is 2. The molecule has 2 aromatic rings. The highest BCUT2D eigenvalue weighted by atomic mass is 16.1. The summed E-state index contributed by atoms with van der Waals surface area (Å²) in [5.41, 5.74) is 8.14. The van der Waals surface area contributed by atoms with E-state index < -0.39 is 0 Å². The van der Waals surface area contributed by atoms with Gasteiger partial charge in [-0.25, -0.2) is 4.98 Å². The van der Waals surface area contributed by atoms with Crippen LogP contribution in [0.2, 0.25) is 0 Å². The van der Waals surface area contributed by atoms with Gasteiger partial charge in [-0.15, -0.1) is 0 Å². The van der Waals surface area contributed by atoms with Crippen LogP contribution in [0.3, 0.4) is 0 Å². The first-order chi connectivity index (χ1) is 9.66. The molecule has 0 fully saturated rings. The number of carbonyl (C=O) groups is 1. The van der Waals surface area contributed by atoms with E-state index >= 15 is 0 Å². The Morgan fingerprint density at radius 3 is 2.65 bits per heavy atom. The van der Waals surface area contributed by atoms with Crippen LogP contribution in [0, 0.1) is 6.92 Å². The Labute approximate surface area is 118 Å². The molecule has 4 N–H and O–H groups in total. The van der Waals surface area contributed by atoms with E-state index in [0.717, 1.165) is 5.56 Å². The van der Waals surface area contributed by atoms with Gasteiger partial charge in [-0.2, -0.15) is 0 Å². The highest BCUT2D eigenvalue weighted by molar-refractivity contribution is 5.94. The molecule has 0 aliphatic rings. The summed E-state index contributed by atoms with van der Waals surface area (Å²) in [7, 11) is 0. The molecular weight excluding hydrogens is 252 g/mol. The minimum atomic E-state index is -0.0826. The topological polar surface area (TPSA) is 80.0 Å². The van der Waals surface area contributed by atoms with Crippen LogP contribution in [-0.2, 0) is 0 Å². The van der Waals surface area contributed by atoms with Gasteiger partial charge in [-0.1, -0.05) is 17.7 Å². The van der Waals surface area contributed by atoms with E-state index in [1.165, 1.54) is 0 Å². The number of carbonyl (C=O) groups excluding carboxylic acids is 1. The SMILES string of the molecule is Cc1ccc(C(=O)NCCNc2ncccc2N)cc1. The second-order valence-corrected chi connectivity index (χ2v) is 4.49. The Balaban J connectivity index is 1.77. The number of aryl methyl sites for hydroxylation is 1. The van der Waals surface area contributed by atoms with Crippen LogP contribution < -0.4 is 16.4 Å². The van der Waals surface area contributed by atoms with Gasteiger partial charge in [0, 0.05) is 24.8 Å². The number of pyridine rings is 1. The van der Waals surface area contributed by atoms with Gasteiger partial charge in [-0.05, 0) is 31.2 Å². The van der Waals surface area contributed by atoms with E-state index in [-0.39, 0.29) is 5.91 Å². The minimum Gasteiger partial charge on any atom is -0.396 e. The lowest BCUT2D eigenvalue weighted by molar-refractivity contribution is 0.0955. The Morgan fingerprint density at radius 2 is 1.95 bits per heavy atom. The van der Waals surface area contributed by atoms with Crippen molar-refractivity contribution in [3.8, 4) is 0 Å². The molecule has 0 saturated heterocycles. The van der Waals surface area contributed by atoms with E-state index in [1.807, 2.05) is 31.2 Å². The van der Waals surface area contributed by atoms with Gasteiger partial charge in [0.1, 0.15) is 5.82 Å². The summed E-state index contributed by atoms with van der Waals surface area (Å²) in [5.74, 6) is 0.554. The van der Waals surface area contributed by atoms with Crippen LogP contribution in [0.1, 0.15) is 15.9 Å². The van der Waals surface area contributed by atoms with Crippen molar-refractivity contribution >= 4 is 17.4 Å². The summed E-state index contributed by atoms with van der Waals surface area (Å²) in [4.78, 5) is 16.0. The number of nitrogen functional groups attached to an aromatic ring is 1. The first-order valence-electron chi connectivity index (χ1n) is 6.46. The maximum absolute atomic E-state index is 11.9. The van der Waals surface area contributed by atoms with Crippen molar-refractivity contribution in [1.29, 1.82) is 0 Å². The maximum atomic E-state index is 11.9. The quantitative estimate of drug-likeness (QED) is 0.724. The second-order valence-electron chi connectivity index (χ2n) is 4.49. The van der Waals surface area contributed by atoms with Crippen molar-refractivity contribution in [1.82, 2.24) is 10.3 Å². The van der Waals surface area contributed by atoms with Crippen LogP contribution in [-0.4, -0.2) is 24.0 Å². The molecule has 1 aromatic carbocycles. The fourth-order valence-corrected chi connectivity index (χ4v) is 1.73. The van der Waals surface area contributed by atoms with Gasteiger partial charge in [0.25, 0.3) is 5.91 Å². The molecule has 5 nitrogen and oxygen atoms in total. The summed E-state index contributed by atoms with van der Waals surface area (Å²) in [6.45, 7) is 3.06. The van der Waals surface area contributed by atoms with E-state index in [2.05, 4.69) is 15.6 Å². The van der Waals surface area contributed by atoms with Gasteiger partial charge in [-0.3, -0.25) is 4.79 Å². The van der Waals surface area contributed by atoms with Crippen molar-refractivity contribution in [2.75, 3.05) is 24.1 Å². The third kappa shape index (κ3) is 3.71. The molecule has 2 rings (SSSR count). The Morgan fingerprint density at radius 1 is 1.20 bits per heavy atom. The molecule has 0 unspecified atom stereocenters. The van der Waals surface area contributed by atoms with E-state index in [0.29, 0.717) is 30.2 Å². The van der Waals surface area contributed by atoms with Gasteiger partial charge in [0.15, 0.2) is 0 Å². The van der Waals surface area contributed by atoms with Crippen LogP contribution in [0.15, 0.2) is 42.6 Å². The smallest absolute Gasteiger partial charge is 0.251 e. The largest absolute Gasteiger partial charge is 0.396 e. The van der Waals surface area contributed by atoms with Crippen LogP contribution in [0.25, 0.3) is 0 Å². The average molecular weight is 270 g/mol. The first-order valence-corrected chi connectivity index (χ1v) is 6.46. The molecule has 0 atom stereocenters. The third-order valence-corrected chi connectivity index (χ3v) is 2.86. The first kappa shape index (κ1) is 13.9. The van der Waals surface area contributed by atoms with Gasteiger partial charge in [0.2, 0.25) is 0 Å². The second kappa shape index (κ2) is 6.56. The van der Waals surface area contributed by atoms with Crippen molar-refractivity contribution < 1.29 is 4.79 Å². The van der Waals surface area contributed by atoms with E-state index in [4.69, 9.17) is 5.73 Å². The molecule has 0 saturated carbocycles. The zero-order valence-electron chi connectivity index (χ0n) is 11.4. The van der Waals surface area contributed by atoms with Gasteiger partial charge < -0.3 is 16.4 Å². The monoisotopic (exact) mass is 270 g/mol. The maximum Gasteiger partial charge on any atom is 0.251 e. The number of hydrogen-bond acceptors (Lipinski definition) is 4. The molecule has 0 aliphatic carbocycles. The summed E-state index contributed by atoms with van der Waals surface area (Å²) < 4.78 is 0. The minimum absolute atomic E-state index is 0.0826. The molecule has 20 heavy (non-hydrogen) atoms. The van der Waals surface area contributed by atoms with Crippen LogP contribution in [0.4, 0.5) is 11.5 Å². The molecule has 1 aromatic heterocycles. The number of aromatic nitrogens is 1. The highest BCUT2D eigenvalue weighted by Gasteiger charge is 2.04. The lowest BCUT2D eigenvalue weighted by atomic mass is 10.1. The number of anilines is 2. The number of nitrogens with two attached hydrogens (primary N) is 1. The van der Waals surface area contributed by atoms with Crippen molar-refractivity contribution in [2.24, 2.45) is 0 Å². The summed E-state index contributed by atoms with van der Waals surface area (Å²) in [6, 6.07) is 11.0. The molecule has 104 valence electrons. The number of amides is 1. The summed E-state index contributed by atoms with van der Waals surface area (Å²) in [6.07, 6.45) is 1.67. The number of hydrogen-bond donors (Lipinski definition) is 3. The van der Waals surface area contributed by atoms with Crippen molar-refractivity contribution in [3.05, 3.63) is 53.7 Å². The molecule has 1 amide bonds. The molecule has 5 heteroatoms. The standard InChI is InChI=1S/C15H18N4O/c1-11-4-6-12(7-5-11)15(20)19-10-9-18-14-13(16)3-2-8-17-14/h2-8H,9-10,16H2,1H3,(H,17,18)(H,19,20). The van der Waals surface area contributed by atoms with Crippen molar-refractivity contribution in [3.63, 3.8) is 0 Å². The number of benzene rings is 1. The highest BCUT2D eigenvalue weighted by Crippen LogP contribution is 2.11. The van der Waals surface area contributed by atoms with Crippen LogP contribution >= 0.6 is 0 Å². The normalized spacial score (nSPS) is 10.1. The van der Waals surface area contributed by atoms with Gasteiger partial charge >= 0.3 is 0 Å². The molecule has 1 heterocycles. The lowest BCUT2D eigenvalue weighted by Crippen LogP contribution is -2.29. The lowest BCUT2D eigenvalue weighted by Gasteiger charge is -2.09. The van der Waals surface area contributed by atoms with E-state index in [9.17, 15) is 4.79 Å². The fourth-order valence-electron chi connectivity index (χ4n) is 1.73. The Bertz CT molecular complexity index is 581. The predicted octanol–water partition coefficient (Wildman–Crippen LogP) is 1.81. The molecule has 0 spiro atoms. The zero-order chi connectivity index (χ0) is 14.4. The van der Waals surface area contributed by atoms with Crippen molar-refractivity contribution in [2.45, 2.75) is 6.92 Å².